The van der Waals surface area contributed by atoms with Crippen molar-refractivity contribution in [1.82, 2.24) is 20.4 Å². The quantitative estimate of drug-likeness (QED) is 0.342. The Hall–Kier alpha value is -4.85. The maximum Gasteiger partial charge on any atom is 0.335 e. The smallest absolute Gasteiger partial charge is 0.335 e. The van der Waals surface area contributed by atoms with Crippen molar-refractivity contribution in [2.45, 2.75) is 6.92 Å². The van der Waals surface area contributed by atoms with Gasteiger partial charge in [-0.25, -0.2) is 4.79 Å². The molecule has 8 heteroatoms. The Kier molecular flexibility index (Phi) is 5.31. The van der Waals surface area contributed by atoms with Crippen LogP contribution in [0.25, 0.3) is 51.4 Å². The number of carbonyl (C=O) groups is 1. The van der Waals surface area contributed by atoms with Gasteiger partial charge >= 0.3 is 5.97 Å². The molecule has 5 rings (SSSR count). The molecule has 1 N–H and O–H groups in total. The Bertz CT molecular complexity index is 1390. The number of hydrogen-bond donors (Lipinski definition) is 1. The van der Waals surface area contributed by atoms with Crippen molar-refractivity contribution in [3.05, 3.63) is 90.5 Å². The molecule has 0 unspecified atom stereocenters. The van der Waals surface area contributed by atoms with E-state index in [1.54, 1.807) is 12.1 Å². The molecule has 0 amide bonds. The van der Waals surface area contributed by atoms with E-state index < -0.39 is 5.97 Å². The Balaban J connectivity index is 1.39. The summed E-state index contributed by atoms with van der Waals surface area (Å²) >= 11 is 0. The number of allylic oxidation sites excluding steroid dienone is 1. The van der Waals surface area contributed by atoms with Crippen LogP contribution in [0.1, 0.15) is 22.8 Å². The van der Waals surface area contributed by atoms with Crippen molar-refractivity contribution in [1.29, 1.82) is 0 Å². The lowest BCUT2D eigenvalue weighted by Crippen LogP contribution is -1.94. The number of aromatic carboxylic acids is 1. The van der Waals surface area contributed by atoms with Gasteiger partial charge < -0.3 is 13.9 Å². The van der Waals surface area contributed by atoms with Crippen molar-refractivity contribution >= 4 is 11.5 Å². The molecule has 0 spiro atoms. The number of rotatable bonds is 6. The van der Waals surface area contributed by atoms with Gasteiger partial charge in [-0.2, -0.15) is 0 Å². The molecule has 3 aromatic carbocycles. The molecule has 0 aliphatic rings. The maximum absolute atomic E-state index is 11.0. The highest BCUT2D eigenvalue weighted by Crippen LogP contribution is 2.29. The van der Waals surface area contributed by atoms with E-state index in [-0.39, 0.29) is 11.5 Å². The molecule has 2 heterocycles. The van der Waals surface area contributed by atoms with E-state index in [1.807, 2.05) is 55.5 Å². The van der Waals surface area contributed by atoms with E-state index in [1.165, 1.54) is 12.1 Å². The molecule has 0 atom stereocenters. The molecule has 0 saturated carbocycles. The molecule has 0 bridgehead atoms. The summed E-state index contributed by atoms with van der Waals surface area (Å²) in [6.07, 6.45) is 0. The Morgan fingerprint density at radius 2 is 1.09 bits per heavy atom. The summed E-state index contributed by atoms with van der Waals surface area (Å²) in [7, 11) is 0. The topological polar surface area (TPSA) is 115 Å². The van der Waals surface area contributed by atoms with Gasteiger partial charge in [-0.1, -0.05) is 30.4 Å². The van der Waals surface area contributed by atoms with E-state index in [2.05, 4.69) is 27.0 Å². The lowest BCUT2D eigenvalue weighted by molar-refractivity contribution is 0.0697. The zero-order valence-electron chi connectivity index (χ0n) is 18.1. The molecule has 0 saturated heterocycles. The molecule has 5 aromatic rings. The first-order valence-corrected chi connectivity index (χ1v) is 10.4. The van der Waals surface area contributed by atoms with E-state index in [0.717, 1.165) is 16.7 Å². The molecule has 34 heavy (non-hydrogen) atoms. The van der Waals surface area contributed by atoms with E-state index >= 15 is 0 Å². The molecule has 8 nitrogen and oxygen atoms in total. The summed E-state index contributed by atoms with van der Waals surface area (Å²) in [5.74, 6) is 0.385. The van der Waals surface area contributed by atoms with Gasteiger partial charge in [0.25, 0.3) is 0 Å². The van der Waals surface area contributed by atoms with Crippen LogP contribution < -0.4 is 0 Å². The van der Waals surface area contributed by atoms with Crippen LogP contribution in [0.15, 0.2) is 88.2 Å². The first-order valence-electron chi connectivity index (χ1n) is 10.4. The number of carboxylic acid groups (broad SMARTS) is 1. The zero-order valence-corrected chi connectivity index (χ0v) is 18.1. The summed E-state index contributed by atoms with van der Waals surface area (Å²) in [4.78, 5) is 11.0. The Labute approximate surface area is 194 Å². The van der Waals surface area contributed by atoms with Crippen LogP contribution in [0.5, 0.6) is 0 Å². The number of hydrogen-bond acceptors (Lipinski definition) is 7. The highest BCUT2D eigenvalue weighted by Gasteiger charge is 2.15. The van der Waals surface area contributed by atoms with Crippen LogP contribution in [-0.4, -0.2) is 31.5 Å². The minimum Gasteiger partial charge on any atom is -0.478 e. The molecule has 166 valence electrons. The van der Waals surface area contributed by atoms with Gasteiger partial charge in [0.1, 0.15) is 0 Å². The molecule has 2 aromatic heterocycles. The van der Waals surface area contributed by atoms with Crippen LogP contribution in [0.2, 0.25) is 0 Å². The second kappa shape index (κ2) is 8.59. The highest BCUT2D eigenvalue weighted by atomic mass is 16.4. The second-order valence-electron chi connectivity index (χ2n) is 7.65. The van der Waals surface area contributed by atoms with Gasteiger partial charge in [0.05, 0.1) is 5.56 Å². The maximum atomic E-state index is 11.0. The fraction of sp³-hybridized carbons (Fsp3) is 0.0385. The third-order valence-corrected chi connectivity index (χ3v) is 5.21. The molecular weight excluding hydrogens is 432 g/mol. The first kappa shape index (κ1) is 21.0. The minimum atomic E-state index is -0.998. The van der Waals surface area contributed by atoms with Gasteiger partial charge in [-0.05, 0) is 67.1 Å². The van der Waals surface area contributed by atoms with Crippen LogP contribution in [-0.2, 0) is 0 Å². The fourth-order valence-electron chi connectivity index (χ4n) is 3.35. The molecule has 0 fully saturated rings. The van der Waals surface area contributed by atoms with Crippen LogP contribution >= 0.6 is 0 Å². The van der Waals surface area contributed by atoms with Gasteiger partial charge in [-0.3, -0.25) is 0 Å². The van der Waals surface area contributed by atoms with Gasteiger partial charge in [-0.15, -0.1) is 20.4 Å². The second-order valence-corrected chi connectivity index (χ2v) is 7.65. The number of carboxylic acids is 1. The molecular formula is C26H18N4O4. The van der Waals surface area contributed by atoms with Crippen molar-refractivity contribution < 1.29 is 18.7 Å². The monoisotopic (exact) mass is 450 g/mol. The van der Waals surface area contributed by atoms with Gasteiger partial charge in [0.2, 0.25) is 23.6 Å². The average molecular weight is 450 g/mol. The highest BCUT2D eigenvalue weighted by molar-refractivity contribution is 5.88. The van der Waals surface area contributed by atoms with E-state index in [9.17, 15) is 4.79 Å². The van der Waals surface area contributed by atoms with Gasteiger partial charge in [0, 0.05) is 22.3 Å². The molecule has 0 aliphatic carbocycles. The molecule has 0 radical (unpaired) electrons. The largest absolute Gasteiger partial charge is 0.478 e. The summed E-state index contributed by atoms with van der Waals surface area (Å²) < 4.78 is 11.7. The van der Waals surface area contributed by atoms with Crippen LogP contribution in [0, 0.1) is 0 Å². The van der Waals surface area contributed by atoms with Crippen molar-refractivity contribution in [3.8, 4) is 45.8 Å². The van der Waals surface area contributed by atoms with Gasteiger partial charge in [0.15, 0.2) is 0 Å². The Morgan fingerprint density at radius 1 is 0.676 bits per heavy atom. The first-order chi connectivity index (χ1) is 16.5. The third kappa shape index (κ3) is 4.12. The standard InChI is InChI=1S/C26H18N4O4/c1-15(2)16-6-8-17(9-7-16)22-27-29-24(33-22)20-4-3-5-21(14-20)25-30-28-23(34-25)18-10-12-19(13-11-18)26(31)32/h3-14H,1H2,2H3,(H,31,32). The predicted octanol–water partition coefficient (Wildman–Crippen LogP) is 5.85. The van der Waals surface area contributed by atoms with Crippen molar-refractivity contribution in [2.24, 2.45) is 0 Å². The SMILES string of the molecule is C=C(C)c1ccc(-c2nnc(-c3cccc(-c4nnc(-c5ccc(C(=O)O)cc5)o4)c3)o2)cc1. The average Bonchev–Trinajstić information content (AvgIpc) is 3.55. The van der Waals surface area contributed by atoms with Crippen molar-refractivity contribution in [3.63, 3.8) is 0 Å². The Morgan fingerprint density at radius 3 is 1.50 bits per heavy atom. The summed E-state index contributed by atoms with van der Waals surface area (Å²) in [5.41, 5.74) is 5.05. The number of nitrogens with zero attached hydrogens (tertiary/aromatic N) is 4. The van der Waals surface area contributed by atoms with Crippen molar-refractivity contribution in [2.75, 3.05) is 0 Å². The van der Waals surface area contributed by atoms with Crippen LogP contribution in [0.3, 0.4) is 0 Å². The summed E-state index contributed by atoms with van der Waals surface area (Å²) in [5, 5.41) is 25.6. The normalized spacial score (nSPS) is 10.9. The number of benzene rings is 3. The third-order valence-electron chi connectivity index (χ3n) is 5.21. The molecule has 0 aliphatic heterocycles. The number of aromatic nitrogens is 4. The summed E-state index contributed by atoms with van der Waals surface area (Å²) in [6, 6.07) is 21.3. The summed E-state index contributed by atoms with van der Waals surface area (Å²) in [6.45, 7) is 5.90. The van der Waals surface area contributed by atoms with E-state index in [4.69, 9.17) is 13.9 Å². The minimum absolute atomic E-state index is 0.182. The lowest BCUT2D eigenvalue weighted by Gasteiger charge is -2.00. The van der Waals surface area contributed by atoms with Crippen LogP contribution in [0.4, 0.5) is 0 Å². The van der Waals surface area contributed by atoms with E-state index in [0.29, 0.717) is 34.4 Å². The zero-order chi connectivity index (χ0) is 23.7. The fourth-order valence-corrected chi connectivity index (χ4v) is 3.35. The predicted molar refractivity (Wildman–Crippen MR) is 126 cm³/mol. The lowest BCUT2D eigenvalue weighted by atomic mass is 10.1.